The molecule has 3 heterocycles. The van der Waals surface area contributed by atoms with Gasteiger partial charge in [-0.15, -0.1) is 0 Å². The molecule has 0 saturated heterocycles. The Kier molecular flexibility index (Phi) is 8.60. The Hall–Kier alpha value is -4.96. The molecule has 6 rings (SSSR count). The molecule has 0 amide bonds. The van der Waals surface area contributed by atoms with Gasteiger partial charge in [-0.1, -0.05) is 6.07 Å². The zero-order valence-electron chi connectivity index (χ0n) is 22.1. The molecule has 2 aromatic carbocycles. The highest BCUT2D eigenvalue weighted by molar-refractivity contribution is 5.85. The number of halogens is 1. The third-order valence-electron chi connectivity index (χ3n) is 6.44. The van der Waals surface area contributed by atoms with Crippen molar-refractivity contribution in [2.75, 3.05) is 12.8 Å². The average Bonchev–Trinajstić information content (AvgIpc) is 3.60. The lowest BCUT2D eigenvalue weighted by Gasteiger charge is -2.12. The standard InChI is InChI=1S/C21H19N5.C8H5FO3.CH5N/c1-13-7-10-18-21(24-13)26(16-9-8-14-4-2-5-15(14)12-16)20(25-18)17-6-3-11-23-19(17)22;9-7-2-5(3-10)1-6(4-11)8(7)12;1-2/h3,6-12H,2,4-5H2,1H3,(H2,22,23);1-4,12H;2H2,1H3. The average molecular weight is 541 g/mol. The van der Waals surface area contributed by atoms with Gasteiger partial charge >= 0.3 is 0 Å². The van der Waals surface area contributed by atoms with Gasteiger partial charge in [0.2, 0.25) is 0 Å². The number of hydrogen-bond donors (Lipinski definition) is 3. The van der Waals surface area contributed by atoms with Gasteiger partial charge in [-0.05, 0) is 92.9 Å². The van der Waals surface area contributed by atoms with E-state index in [2.05, 4.69) is 33.5 Å². The summed E-state index contributed by atoms with van der Waals surface area (Å²) in [5.41, 5.74) is 17.9. The van der Waals surface area contributed by atoms with Crippen LogP contribution in [0, 0.1) is 12.7 Å². The number of nitrogens with zero attached hydrogens (tertiary/aromatic N) is 4. The largest absolute Gasteiger partial charge is 0.504 e. The summed E-state index contributed by atoms with van der Waals surface area (Å²) in [4.78, 5) is 34.2. The molecular formula is C30H29FN6O3. The van der Waals surface area contributed by atoms with Crippen LogP contribution < -0.4 is 11.5 Å². The van der Waals surface area contributed by atoms with Crippen LogP contribution in [-0.4, -0.2) is 44.2 Å². The minimum Gasteiger partial charge on any atom is -0.504 e. The number of pyridine rings is 2. The quantitative estimate of drug-likeness (QED) is 0.280. The van der Waals surface area contributed by atoms with Crippen LogP contribution in [0.3, 0.4) is 0 Å². The number of rotatable bonds is 4. The third kappa shape index (κ3) is 5.57. The first-order valence-electron chi connectivity index (χ1n) is 12.6. The second-order valence-electron chi connectivity index (χ2n) is 8.99. The van der Waals surface area contributed by atoms with Crippen LogP contribution in [0.15, 0.2) is 60.8 Å². The fraction of sp³-hybridized carbons (Fsp3) is 0.167. The zero-order valence-corrected chi connectivity index (χ0v) is 22.1. The van der Waals surface area contributed by atoms with Crippen molar-refractivity contribution in [3.63, 3.8) is 0 Å². The first-order chi connectivity index (χ1) is 19.4. The highest BCUT2D eigenvalue weighted by Gasteiger charge is 2.19. The summed E-state index contributed by atoms with van der Waals surface area (Å²) < 4.78 is 14.8. The molecule has 0 atom stereocenters. The van der Waals surface area contributed by atoms with Gasteiger partial charge < -0.3 is 16.6 Å². The fourth-order valence-corrected chi connectivity index (χ4v) is 4.58. The Morgan fingerprint density at radius 3 is 2.48 bits per heavy atom. The highest BCUT2D eigenvalue weighted by Crippen LogP contribution is 2.32. The highest BCUT2D eigenvalue weighted by atomic mass is 19.1. The summed E-state index contributed by atoms with van der Waals surface area (Å²) in [5.74, 6) is -0.444. The van der Waals surface area contributed by atoms with Crippen LogP contribution in [0.1, 0.15) is 44.0 Å². The Balaban J connectivity index is 0.000000223. The Morgan fingerprint density at radius 2 is 1.75 bits per heavy atom. The normalized spacial score (nSPS) is 11.6. The molecule has 0 aliphatic heterocycles. The number of aromatic nitrogens is 4. The summed E-state index contributed by atoms with van der Waals surface area (Å²) in [6, 6.07) is 16.5. The van der Waals surface area contributed by atoms with Gasteiger partial charge in [-0.2, -0.15) is 0 Å². The number of phenols is 1. The third-order valence-corrected chi connectivity index (χ3v) is 6.44. The van der Waals surface area contributed by atoms with Gasteiger partial charge in [-0.3, -0.25) is 14.2 Å². The number of nitrogen functional groups attached to an aromatic ring is 1. The first-order valence-corrected chi connectivity index (χ1v) is 12.6. The maximum Gasteiger partial charge on any atom is 0.166 e. The van der Waals surface area contributed by atoms with E-state index in [9.17, 15) is 14.0 Å². The Labute approximate surface area is 230 Å². The number of benzene rings is 2. The lowest BCUT2D eigenvalue weighted by atomic mass is 10.1. The molecule has 1 aliphatic carbocycles. The van der Waals surface area contributed by atoms with Gasteiger partial charge in [0.05, 0.1) is 11.1 Å². The van der Waals surface area contributed by atoms with E-state index in [0.29, 0.717) is 12.1 Å². The van der Waals surface area contributed by atoms with Crippen molar-refractivity contribution in [2.24, 2.45) is 5.73 Å². The first kappa shape index (κ1) is 28.1. The number of imidazole rings is 1. The van der Waals surface area contributed by atoms with E-state index >= 15 is 0 Å². The van der Waals surface area contributed by atoms with E-state index in [1.807, 2.05) is 31.2 Å². The lowest BCUT2D eigenvalue weighted by Crippen LogP contribution is -2.03. The number of carbonyl (C=O) groups is 2. The van der Waals surface area contributed by atoms with Crippen molar-refractivity contribution >= 4 is 29.6 Å². The van der Waals surface area contributed by atoms with Crippen molar-refractivity contribution in [1.82, 2.24) is 19.5 Å². The molecular weight excluding hydrogens is 511 g/mol. The van der Waals surface area contributed by atoms with Crippen molar-refractivity contribution in [3.05, 3.63) is 94.6 Å². The SMILES string of the molecule is CN.Cc1ccc2nc(-c3cccnc3N)n(-c3ccc4c(c3)CCC4)c2n1.O=Cc1cc(F)c(O)c(C=O)c1. The monoisotopic (exact) mass is 540 g/mol. The lowest BCUT2D eigenvalue weighted by molar-refractivity contribution is 0.112. The van der Waals surface area contributed by atoms with Crippen molar-refractivity contribution in [2.45, 2.75) is 26.2 Å². The minimum atomic E-state index is -0.971. The van der Waals surface area contributed by atoms with Crippen LogP contribution in [0.2, 0.25) is 0 Å². The minimum absolute atomic E-state index is 0.0207. The predicted octanol–water partition coefficient (Wildman–Crippen LogP) is 4.59. The second-order valence-corrected chi connectivity index (χ2v) is 8.99. The molecule has 9 nitrogen and oxygen atoms in total. The van der Waals surface area contributed by atoms with E-state index in [4.69, 9.17) is 20.8 Å². The topological polar surface area (TPSA) is 150 Å². The summed E-state index contributed by atoms with van der Waals surface area (Å²) in [6.45, 7) is 2.00. The Bertz CT molecular complexity index is 1700. The van der Waals surface area contributed by atoms with Crippen molar-refractivity contribution in [1.29, 1.82) is 0 Å². The predicted molar refractivity (Wildman–Crippen MR) is 152 cm³/mol. The second kappa shape index (κ2) is 12.3. The summed E-state index contributed by atoms with van der Waals surface area (Å²) in [5, 5.41) is 8.90. The van der Waals surface area contributed by atoms with Crippen LogP contribution in [0.25, 0.3) is 28.2 Å². The molecule has 5 aromatic rings. The van der Waals surface area contributed by atoms with E-state index < -0.39 is 11.6 Å². The van der Waals surface area contributed by atoms with E-state index in [0.717, 1.165) is 52.5 Å². The Morgan fingerprint density at radius 1 is 0.975 bits per heavy atom. The number of phenolic OH excluding ortho intramolecular Hbond substituents is 1. The number of anilines is 1. The summed E-state index contributed by atoms with van der Waals surface area (Å²) in [6.07, 6.45) is 5.90. The van der Waals surface area contributed by atoms with E-state index in [1.165, 1.54) is 31.0 Å². The van der Waals surface area contributed by atoms with Crippen LogP contribution in [0.5, 0.6) is 5.75 Å². The van der Waals surface area contributed by atoms with Crippen LogP contribution in [-0.2, 0) is 12.8 Å². The van der Waals surface area contributed by atoms with Crippen molar-refractivity contribution in [3.8, 4) is 22.8 Å². The number of hydrogen-bond acceptors (Lipinski definition) is 8. The van der Waals surface area contributed by atoms with Crippen LogP contribution >= 0.6 is 0 Å². The molecule has 1 aliphatic rings. The van der Waals surface area contributed by atoms with Crippen LogP contribution in [0.4, 0.5) is 10.2 Å². The molecule has 0 saturated carbocycles. The number of aldehydes is 2. The number of carbonyl (C=O) groups excluding carboxylic acids is 2. The number of aromatic hydroxyl groups is 1. The molecule has 10 heteroatoms. The number of aryl methyl sites for hydroxylation is 3. The van der Waals surface area contributed by atoms with E-state index in [1.54, 1.807) is 6.20 Å². The van der Waals surface area contributed by atoms with Gasteiger partial charge in [0.1, 0.15) is 17.6 Å². The van der Waals surface area contributed by atoms with Gasteiger partial charge in [0.15, 0.2) is 29.3 Å². The van der Waals surface area contributed by atoms with Gasteiger partial charge in [0.25, 0.3) is 0 Å². The fourth-order valence-electron chi connectivity index (χ4n) is 4.58. The zero-order chi connectivity index (χ0) is 28.8. The molecule has 5 N–H and O–H groups in total. The summed E-state index contributed by atoms with van der Waals surface area (Å²) in [7, 11) is 1.50. The molecule has 204 valence electrons. The maximum absolute atomic E-state index is 12.6. The van der Waals surface area contributed by atoms with Gasteiger partial charge in [0, 0.05) is 23.1 Å². The molecule has 0 unspecified atom stereocenters. The number of fused-ring (bicyclic) bond motifs is 2. The van der Waals surface area contributed by atoms with E-state index in [-0.39, 0.29) is 17.4 Å². The van der Waals surface area contributed by atoms with Gasteiger partial charge in [-0.25, -0.2) is 19.3 Å². The number of nitrogens with two attached hydrogens (primary N) is 2. The molecule has 0 spiro atoms. The van der Waals surface area contributed by atoms with Crippen molar-refractivity contribution < 1.29 is 19.1 Å². The molecule has 0 bridgehead atoms. The molecule has 0 radical (unpaired) electrons. The maximum atomic E-state index is 12.6. The molecule has 3 aromatic heterocycles. The summed E-state index contributed by atoms with van der Waals surface area (Å²) >= 11 is 0. The molecule has 0 fully saturated rings. The smallest absolute Gasteiger partial charge is 0.166 e. The molecule has 40 heavy (non-hydrogen) atoms.